The summed E-state index contributed by atoms with van der Waals surface area (Å²) in [7, 11) is 1.33. The molecule has 4 rings (SSSR count). The van der Waals surface area contributed by atoms with E-state index in [0.717, 1.165) is 4.68 Å². The highest BCUT2D eigenvalue weighted by molar-refractivity contribution is 5.95. The topological polar surface area (TPSA) is 171 Å². The van der Waals surface area contributed by atoms with E-state index >= 15 is 0 Å². The third-order valence-electron chi connectivity index (χ3n) is 5.15. The molecule has 2 aromatic heterocycles. The molecule has 0 bridgehead atoms. The highest BCUT2D eigenvalue weighted by atomic mass is 19.1. The molecule has 11 nitrogen and oxygen atoms in total. The molecule has 2 heterocycles. The zero-order chi connectivity index (χ0) is 24.9. The van der Waals surface area contributed by atoms with Crippen LogP contribution in [0.2, 0.25) is 0 Å². The van der Waals surface area contributed by atoms with E-state index < -0.39 is 17.5 Å². The van der Waals surface area contributed by atoms with Crippen molar-refractivity contribution in [2.75, 3.05) is 12.4 Å². The molecule has 176 valence electrons. The third kappa shape index (κ3) is 4.83. The van der Waals surface area contributed by atoms with Crippen LogP contribution in [-0.4, -0.2) is 37.9 Å². The number of aromatic amines is 1. The molecule has 0 saturated heterocycles. The molecule has 5 N–H and O–H groups in total. The van der Waals surface area contributed by atoms with Crippen LogP contribution in [0, 0.1) is 22.6 Å². The monoisotopic (exact) mass is 473 g/mol. The van der Waals surface area contributed by atoms with E-state index in [0.29, 0.717) is 16.8 Å². The summed E-state index contributed by atoms with van der Waals surface area (Å²) in [6.45, 7) is 0. The van der Waals surface area contributed by atoms with Gasteiger partial charge in [-0.3, -0.25) is 10.4 Å². The summed E-state index contributed by atoms with van der Waals surface area (Å²) in [5.74, 6) is -0.355. The van der Waals surface area contributed by atoms with Crippen LogP contribution in [-0.2, 0) is 6.42 Å². The minimum absolute atomic E-state index is 0.0535. The Morgan fingerprint density at radius 1 is 1.34 bits per heavy atom. The van der Waals surface area contributed by atoms with Gasteiger partial charge in [-0.1, -0.05) is 0 Å². The average molecular weight is 473 g/mol. The highest BCUT2D eigenvalue weighted by Gasteiger charge is 2.24. The predicted molar refractivity (Wildman–Crippen MR) is 125 cm³/mol. The van der Waals surface area contributed by atoms with Gasteiger partial charge in [-0.15, -0.1) is 10.2 Å². The van der Waals surface area contributed by atoms with Crippen molar-refractivity contribution >= 4 is 11.5 Å². The van der Waals surface area contributed by atoms with Crippen molar-refractivity contribution in [3.8, 4) is 17.6 Å². The first-order valence-corrected chi connectivity index (χ1v) is 10.3. The number of ether oxygens (including phenoxy) is 1. The Kier molecular flexibility index (Phi) is 6.50. The first-order valence-electron chi connectivity index (χ1n) is 10.3. The fraction of sp³-hybridized carbons (Fsp3) is 0.130. The molecule has 0 fully saturated rings. The zero-order valence-corrected chi connectivity index (χ0v) is 18.5. The van der Waals surface area contributed by atoms with Crippen LogP contribution in [0.15, 0.2) is 59.5 Å². The van der Waals surface area contributed by atoms with Gasteiger partial charge in [-0.25, -0.2) is 9.18 Å². The number of amidine groups is 1. The van der Waals surface area contributed by atoms with Crippen LogP contribution in [0.3, 0.4) is 0 Å². The molecule has 2 aromatic carbocycles. The Bertz CT molecular complexity index is 1460. The van der Waals surface area contributed by atoms with E-state index in [1.165, 1.54) is 25.4 Å². The molecule has 0 spiro atoms. The van der Waals surface area contributed by atoms with E-state index in [1.54, 1.807) is 36.4 Å². The molecule has 4 aromatic rings. The van der Waals surface area contributed by atoms with E-state index in [2.05, 4.69) is 25.6 Å². The third-order valence-corrected chi connectivity index (χ3v) is 5.15. The minimum atomic E-state index is -0.782. The van der Waals surface area contributed by atoms with Gasteiger partial charge in [-0.2, -0.15) is 15.0 Å². The van der Waals surface area contributed by atoms with Crippen LogP contribution in [0.1, 0.15) is 28.6 Å². The number of rotatable bonds is 8. The molecular weight excluding hydrogens is 453 g/mol. The number of benzene rings is 2. The number of methoxy groups -OCH3 is 1. The Morgan fingerprint density at radius 3 is 2.74 bits per heavy atom. The number of nitriles is 1. The summed E-state index contributed by atoms with van der Waals surface area (Å²) in [6.07, 6.45) is 1.29. The molecule has 1 atom stereocenters. The SMILES string of the molecule is COc1cc(C(Nc2ccc(C(=N)N)cc2)c2nn(-c3cccnn3)c(=O)[nH]2)cc(CC#N)c1F. The standard InChI is InChI=1S/C23H20FN9O2/c1-35-17-12-15(11-14(8-9-25)19(17)24)20(29-16-6-4-13(5-7-16)21(26)27)22-30-23(34)33(32-22)18-3-2-10-28-31-18/h2-7,10-12,20,29H,8H2,1H3,(H3,26,27)(H,30,32,34). The number of hydrogen-bond donors (Lipinski definition) is 4. The lowest BCUT2D eigenvalue weighted by Gasteiger charge is -2.20. The number of nitrogens with zero attached hydrogens (tertiary/aromatic N) is 5. The number of aromatic nitrogens is 5. The van der Waals surface area contributed by atoms with Crippen molar-refractivity contribution in [1.82, 2.24) is 25.0 Å². The summed E-state index contributed by atoms with van der Waals surface area (Å²) < 4.78 is 21.0. The van der Waals surface area contributed by atoms with Gasteiger partial charge in [0.25, 0.3) is 0 Å². The quantitative estimate of drug-likeness (QED) is 0.222. The number of nitrogens with one attached hydrogen (secondary N) is 3. The van der Waals surface area contributed by atoms with Crippen molar-refractivity contribution in [3.63, 3.8) is 0 Å². The average Bonchev–Trinajstić information content (AvgIpc) is 3.26. The molecule has 0 aliphatic carbocycles. The fourth-order valence-corrected chi connectivity index (χ4v) is 3.46. The van der Waals surface area contributed by atoms with Crippen LogP contribution in [0.5, 0.6) is 5.75 Å². The van der Waals surface area contributed by atoms with Crippen LogP contribution in [0.4, 0.5) is 10.1 Å². The maximum Gasteiger partial charge on any atom is 0.349 e. The van der Waals surface area contributed by atoms with Gasteiger partial charge in [0.05, 0.1) is 19.6 Å². The lowest BCUT2D eigenvalue weighted by molar-refractivity contribution is 0.384. The predicted octanol–water partition coefficient (Wildman–Crippen LogP) is 2.05. The first-order chi connectivity index (χ1) is 16.9. The van der Waals surface area contributed by atoms with Crippen molar-refractivity contribution in [2.24, 2.45) is 5.73 Å². The molecule has 1 unspecified atom stereocenters. The van der Waals surface area contributed by atoms with Crippen molar-refractivity contribution < 1.29 is 9.13 Å². The van der Waals surface area contributed by atoms with Crippen LogP contribution >= 0.6 is 0 Å². The maximum atomic E-state index is 14.7. The van der Waals surface area contributed by atoms with E-state index in [4.69, 9.17) is 21.1 Å². The molecule has 0 aliphatic heterocycles. The molecule has 35 heavy (non-hydrogen) atoms. The second-order valence-corrected chi connectivity index (χ2v) is 7.41. The molecule has 0 radical (unpaired) electrons. The van der Waals surface area contributed by atoms with Crippen molar-refractivity contribution in [3.05, 3.63) is 93.5 Å². The largest absolute Gasteiger partial charge is 0.494 e. The van der Waals surface area contributed by atoms with Crippen LogP contribution in [0.25, 0.3) is 5.82 Å². The minimum Gasteiger partial charge on any atom is -0.494 e. The zero-order valence-electron chi connectivity index (χ0n) is 18.5. The summed E-state index contributed by atoms with van der Waals surface area (Å²) >= 11 is 0. The lowest BCUT2D eigenvalue weighted by atomic mass is 10.00. The smallest absolute Gasteiger partial charge is 0.349 e. The Morgan fingerprint density at radius 2 is 2.11 bits per heavy atom. The summed E-state index contributed by atoms with van der Waals surface area (Å²) in [6, 6.07) is 14.1. The fourth-order valence-electron chi connectivity index (χ4n) is 3.46. The summed E-state index contributed by atoms with van der Waals surface area (Å²) in [5, 5.41) is 32.0. The first kappa shape index (κ1) is 23.1. The van der Waals surface area contributed by atoms with Crippen molar-refractivity contribution in [1.29, 1.82) is 10.7 Å². The van der Waals surface area contributed by atoms with Gasteiger partial charge in [-0.05, 0) is 54.1 Å². The molecule has 12 heteroatoms. The number of nitrogens with two attached hydrogens (primary N) is 1. The Hall–Kier alpha value is -5.05. The van der Waals surface area contributed by atoms with Gasteiger partial charge in [0.1, 0.15) is 11.9 Å². The normalized spacial score (nSPS) is 11.5. The van der Waals surface area contributed by atoms with E-state index in [-0.39, 0.29) is 35.2 Å². The molecule has 0 aliphatic rings. The number of halogens is 1. The van der Waals surface area contributed by atoms with Crippen LogP contribution < -0.4 is 21.5 Å². The van der Waals surface area contributed by atoms with Gasteiger partial charge >= 0.3 is 5.69 Å². The Labute approximate surface area is 198 Å². The lowest BCUT2D eigenvalue weighted by Crippen LogP contribution is -2.17. The maximum absolute atomic E-state index is 14.7. The molecular formula is C23H20FN9O2. The van der Waals surface area contributed by atoms with Gasteiger partial charge in [0.15, 0.2) is 23.2 Å². The number of hydrogen-bond acceptors (Lipinski definition) is 8. The molecule has 0 amide bonds. The Balaban J connectivity index is 1.84. The highest BCUT2D eigenvalue weighted by Crippen LogP contribution is 2.31. The van der Waals surface area contributed by atoms with E-state index in [9.17, 15) is 9.18 Å². The van der Waals surface area contributed by atoms with Gasteiger partial charge < -0.3 is 15.8 Å². The van der Waals surface area contributed by atoms with Crippen molar-refractivity contribution in [2.45, 2.75) is 12.5 Å². The number of H-pyrrole nitrogens is 1. The summed E-state index contributed by atoms with van der Waals surface area (Å²) in [5.41, 5.74) is 6.76. The van der Waals surface area contributed by atoms with Gasteiger partial charge in [0, 0.05) is 23.0 Å². The number of nitrogen functional groups attached to an aromatic ring is 1. The second-order valence-electron chi connectivity index (χ2n) is 7.41. The van der Waals surface area contributed by atoms with Gasteiger partial charge in [0.2, 0.25) is 0 Å². The molecule has 0 saturated carbocycles. The summed E-state index contributed by atoms with van der Waals surface area (Å²) in [4.78, 5) is 15.4. The number of anilines is 1. The van der Waals surface area contributed by atoms with E-state index in [1.807, 2.05) is 6.07 Å². The second kappa shape index (κ2) is 9.84.